The number of carbonyl (C=O) groups excluding carboxylic acids is 1. The summed E-state index contributed by atoms with van der Waals surface area (Å²) in [6, 6.07) is -0.0102. The lowest BCUT2D eigenvalue weighted by Gasteiger charge is -2.32. The molecule has 1 saturated heterocycles. The highest BCUT2D eigenvalue weighted by molar-refractivity contribution is 5.81. The molecule has 1 amide bonds. The van der Waals surface area contributed by atoms with Gasteiger partial charge >= 0.3 is 0 Å². The van der Waals surface area contributed by atoms with E-state index < -0.39 is 0 Å². The van der Waals surface area contributed by atoms with Gasteiger partial charge in [-0.3, -0.25) is 9.69 Å². The first-order chi connectivity index (χ1) is 8.15. The molecule has 1 fully saturated rings. The second kappa shape index (κ2) is 7.63. The molecule has 1 heterocycles. The van der Waals surface area contributed by atoms with Crippen LogP contribution in [0.15, 0.2) is 0 Å². The SMILES string of the molecule is CCN(C)CCNC(=O)C(C)N1CCNCC1. The zero-order chi connectivity index (χ0) is 12.7. The van der Waals surface area contributed by atoms with Crippen LogP contribution >= 0.6 is 0 Å². The number of rotatable bonds is 6. The first kappa shape index (κ1) is 14.4. The Labute approximate surface area is 105 Å². The van der Waals surface area contributed by atoms with Gasteiger partial charge in [-0.25, -0.2) is 0 Å². The maximum Gasteiger partial charge on any atom is 0.237 e. The molecule has 0 aromatic rings. The van der Waals surface area contributed by atoms with Crippen molar-refractivity contribution in [1.29, 1.82) is 0 Å². The Morgan fingerprint density at radius 3 is 2.71 bits per heavy atom. The molecule has 1 atom stereocenters. The fourth-order valence-corrected chi connectivity index (χ4v) is 1.91. The Hall–Kier alpha value is -0.650. The number of nitrogens with zero attached hydrogens (tertiary/aromatic N) is 2. The molecular weight excluding hydrogens is 216 g/mol. The summed E-state index contributed by atoms with van der Waals surface area (Å²) in [5, 5.41) is 6.30. The van der Waals surface area contributed by atoms with Crippen LogP contribution in [-0.4, -0.2) is 74.6 Å². The number of hydrogen-bond acceptors (Lipinski definition) is 4. The quantitative estimate of drug-likeness (QED) is 0.650. The fourth-order valence-electron chi connectivity index (χ4n) is 1.91. The molecule has 0 aromatic heterocycles. The van der Waals surface area contributed by atoms with Gasteiger partial charge in [0.15, 0.2) is 0 Å². The minimum absolute atomic E-state index is 0.0102. The number of carbonyl (C=O) groups is 1. The molecule has 2 N–H and O–H groups in total. The topological polar surface area (TPSA) is 47.6 Å². The van der Waals surface area contributed by atoms with Crippen molar-refractivity contribution in [3.8, 4) is 0 Å². The molecule has 0 aromatic carbocycles. The van der Waals surface area contributed by atoms with Gasteiger partial charge in [-0.1, -0.05) is 6.92 Å². The van der Waals surface area contributed by atoms with Gasteiger partial charge in [0, 0.05) is 39.3 Å². The third-order valence-corrected chi connectivity index (χ3v) is 3.41. The van der Waals surface area contributed by atoms with Gasteiger partial charge in [0.2, 0.25) is 5.91 Å². The van der Waals surface area contributed by atoms with Crippen LogP contribution in [0.3, 0.4) is 0 Å². The Morgan fingerprint density at radius 1 is 1.47 bits per heavy atom. The summed E-state index contributed by atoms with van der Waals surface area (Å²) in [6.45, 7) is 10.7. The van der Waals surface area contributed by atoms with Crippen LogP contribution in [-0.2, 0) is 4.79 Å². The van der Waals surface area contributed by atoms with E-state index in [4.69, 9.17) is 0 Å². The zero-order valence-electron chi connectivity index (χ0n) is 11.3. The average Bonchev–Trinajstić information content (AvgIpc) is 2.38. The second-order valence-corrected chi connectivity index (χ2v) is 4.65. The summed E-state index contributed by atoms with van der Waals surface area (Å²) in [7, 11) is 2.06. The largest absolute Gasteiger partial charge is 0.353 e. The lowest BCUT2D eigenvalue weighted by atomic mass is 10.2. The molecule has 100 valence electrons. The van der Waals surface area contributed by atoms with E-state index in [0.29, 0.717) is 0 Å². The highest BCUT2D eigenvalue weighted by Crippen LogP contribution is 2.00. The summed E-state index contributed by atoms with van der Waals surface area (Å²) < 4.78 is 0. The number of nitrogens with one attached hydrogen (secondary N) is 2. The molecule has 5 heteroatoms. The van der Waals surface area contributed by atoms with Gasteiger partial charge in [0.1, 0.15) is 0 Å². The standard InChI is InChI=1S/C12H26N4O/c1-4-15(3)8-7-14-12(17)11(2)16-9-5-13-6-10-16/h11,13H,4-10H2,1-3H3,(H,14,17). The van der Waals surface area contributed by atoms with Crippen LogP contribution in [0.25, 0.3) is 0 Å². The molecule has 17 heavy (non-hydrogen) atoms. The molecule has 0 bridgehead atoms. The van der Waals surface area contributed by atoms with Crippen molar-refractivity contribution in [1.82, 2.24) is 20.4 Å². The number of hydrogen-bond donors (Lipinski definition) is 2. The molecule has 5 nitrogen and oxygen atoms in total. The van der Waals surface area contributed by atoms with E-state index in [1.54, 1.807) is 0 Å². The van der Waals surface area contributed by atoms with Crippen molar-refractivity contribution < 1.29 is 4.79 Å². The van der Waals surface area contributed by atoms with Crippen LogP contribution in [0.2, 0.25) is 0 Å². The van der Waals surface area contributed by atoms with E-state index in [0.717, 1.165) is 45.8 Å². The average molecular weight is 242 g/mol. The minimum atomic E-state index is -0.0102. The summed E-state index contributed by atoms with van der Waals surface area (Å²) >= 11 is 0. The minimum Gasteiger partial charge on any atom is -0.353 e. The number of piperazine rings is 1. The predicted molar refractivity (Wildman–Crippen MR) is 70.1 cm³/mol. The molecule has 1 unspecified atom stereocenters. The molecule has 0 radical (unpaired) electrons. The van der Waals surface area contributed by atoms with E-state index in [9.17, 15) is 4.79 Å². The Morgan fingerprint density at radius 2 is 2.12 bits per heavy atom. The zero-order valence-corrected chi connectivity index (χ0v) is 11.3. The summed E-state index contributed by atoms with van der Waals surface area (Å²) in [5.41, 5.74) is 0. The summed E-state index contributed by atoms with van der Waals surface area (Å²) in [6.07, 6.45) is 0. The van der Waals surface area contributed by atoms with Gasteiger partial charge in [0.05, 0.1) is 6.04 Å². The third kappa shape index (κ3) is 5.02. The molecule has 1 rings (SSSR count). The fraction of sp³-hybridized carbons (Fsp3) is 0.917. The van der Waals surface area contributed by atoms with Gasteiger partial charge in [-0.2, -0.15) is 0 Å². The van der Waals surface area contributed by atoms with Crippen LogP contribution in [0.1, 0.15) is 13.8 Å². The Kier molecular flexibility index (Phi) is 6.47. The lowest BCUT2D eigenvalue weighted by Crippen LogP contribution is -2.53. The molecule has 0 aliphatic carbocycles. The van der Waals surface area contributed by atoms with E-state index in [2.05, 4.69) is 34.4 Å². The summed E-state index contributed by atoms with van der Waals surface area (Å²) in [5.74, 6) is 0.149. The van der Waals surface area contributed by atoms with Gasteiger partial charge in [0.25, 0.3) is 0 Å². The van der Waals surface area contributed by atoms with Crippen molar-refractivity contribution in [3.05, 3.63) is 0 Å². The smallest absolute Gasteiger partial charge is 0.237 e. The monoisotopic (exact) mass is 242 g/mol. The van der Waals surface area contributed by atoms with Crippen LogP contribution in [0, 0.1) is 0 Å². The predicted octanol–water partition coefficient (Wildman–Crippen LogP) is -0.652. The normalized spacial score (nSPS) is 19.3. The highest BCUT2D eigenvalue weighted by atomic mass is 16.2. The molecule has 1 aliphatic heterocycles. The van der Waals surface area contributed by atoms with Crippen LogP contribution < -0.4 is 10.6 Å². The number of likely N-dealkylation sites (N-methyl/N-ethyl adjacent to an activating group) is 1. The lowest BCUT2D eigenvalue weighted by molar-refractivity contribution is -0.126. The van der Waals surface area contributed by atoms with Gasteiger partial charge in [-0.15, -0.1) is 0 Å². The van der Waals surface area contributed by atoms with Gasteiger partial charge in [-0.05, 0) is 20.5 Å². The van der Waals surface area contributed by atoms with Gasteiger partial charge < -0.3 is 15.5 Å². The Bertz CT molecular complexity index is 229. The maximum atomic E-state index is 11.9. The molecule has 0 spiro atoms. The van der Waals surface area contributed by atoms with E-state index in [1.165, 1.54) is 0 Å². The first-order valence-corrected chi connectivity index (χ1v) is 6.56. The van der Waals surface area contributed by atoms with Crippen molar-refractivity contribution in [3.63, 3.8) is 0 Å². The van der Waals surface area contributed by atoms with Crippen molar-refractivity contribution in [2.24, 2.45) is 0 Å². The number of amides is 1. The van der Waals surface area contributed by atoms with E-state index >= 15 is 0 Å². The van der Waals surface area contributed by atoms with E-state index in [1.807, 2.05) is 6.92 Å². The second-order valence-electron chi connectivity index (χ2n) is 4.65. The van der Waals surface area contributed by atoms with Crippen LogP contribution in [0.4, 0.5) is 0 Å². The first-order valence-electron chi connectivity index (χ1n) is 6.56. The molecular formula is C12H26N4O. The summed E-state index contributed by atoms with van der Waals surface area (Å²) in [4.78, 5) is 16.3. The molecule has 0 saturated carbocycles. The van der Waals surface area contributed by atoms with E-state index in [-0.39, 0.29) is 11.9 Å². The third-order valence-electron chi connectivity index (χ3n) is 3.41. The van der Waals surface area contributed by atoms with Crippen molar-refractivity contribution in [2.75, 3.05) is 52.9 Å². The Balaban J connectivity index is 2.21. The van der Waals surface area contributed by atoms with Crippen molar-refractivity contribution >= 4 is 5.91 Å². The highest BCUT2D eigenvalue weighted by Gasteiger charge is 2.22. The van der Waals surface area contributed by atoms with Crippen LogP contribution in [0.5, 0.6) is 0 Å². The maximum absolute atomic E-state index is 11.9. The molecule has 1 aliphatic rings. The van der Waals surface area contributed by atoms with Crippen molar-refractivity contribution in [2.45, 2.75) is 19.9 Å².